The molecule has 0 atom stereocenters. The zero-order valence-electron chi connectivity index (χ0n) is 39.4. The molecular weight excluding hydrogens is 837 g/mol. The van der Waals surface area contributed by atoms with Gasteiger partial charge in [0.2, 0.25) is 0 Å². The van der Waals surface area contributed by atoms with Crippen LogP contribution in [-0.4, -0.2) is 18.3 Å². The van der Waals surface area contributed by atoms with Crippen LogP contribution >= 0.6 is 0 Å². The molecule has 4 nitrogen and oxygen atoms in total. The second kappa shape index (κ2) is 17.2. The van der Waals surface area contributed by atoms with Gasteiger partial charge in [0.05, 0.1) is 44.1 Å². The van der Waals surface area contributed by atoms with Gasteiger partial charge in [-0.25, -0.2) is 0 Å². The molecule has 1 aliphatic rings. The lowest BCUT2D eigenvalue weighted by atomic mass is 10.1. The topological polar surface area (TPSA) is 19.7 Å². The molecule has 332 valence electrons. The Morgan fingerprint density at radius 2 is 0.783 bits per heavy atom. The molecule has 0 bridgehead atoms. The Kier molecular flexibility index (Phi) is 10.4. The SMILES string of the molecule is CC.CC1=CC=CCC(n2c3ccccc3c3ccc4c(c5ccccc5n4-c4ccccc4)c32)=C1.Cc1cccc(-n2c3ccccc3c3c2ccc2c4ccccc4n(-c4ccccc4)c23)c1. The number of aromatic nitrogens is 4. The van der Waals surface area contributed by atoms with Gasteiger partial charge in [-0.15, -0.1) is 0 Å². The van der Waals surface area contributed by atoms with E-state index in [1.165, 1.54) is 121 Å². The molecular formula is C65H52N4. The van der Waals surface area contributed by atoms with Crippen molar-refractivity contribution in [2.45, 2.75) is 34.1 Å². The van der Waals surface area contributed by atoms with Crippen molar-refractivity contribution in [3.63, 3.8) is 0 Å². The lowest BCUT2D eigenvalue weighted by molar-refractivity contribution is 1.14. The van der Waals surface area contributed by atoms with Gasteiger partial charge in [-0.3, -0.25) is 0 Å². The summed E-state index contributed by atoms with van der Waals surface area (Å²) in [6, 6.07) is 74.5. The largest absolute Gasteiger partial charge is 0.312 e. The molecule has 0 unspecified atom stereocenters. The highest BCUT2D eigenvalue weighted by atomic mass is 15.0. The number of benzene rings is 9. The smallest absolute Gasteiger partial charge is 0.0641 e. The molecule has 14 rings (SSSR count). The van der Waals surface area contributed by atoms with E-state index in [2.05, 4.69) is 263 Å². The van der Waals surface area contributed by atoms with Crippen LogP contribution in [-0.2, 0) is 0 Å². The first kappa shape index (κ1) is 41.8. The summed E-state index contributed by atoms with van der Waals surface area (Å²) in [6.45, 7) is 8.34. The van der Waals surface area contributed by atoms with Crippen LogP contribution in [0.15, 0.2) is 236 Å². The van der Waals surface area contributed by atoms with Crippen molar-refractivity contribution in [2.24, 2.45) is 0 Å². The third-order valence-corrected chi connectivity index (χ3v) is 13.7. The fourth-order valence-electron chi connectivity index (χ4n) is 11.0. The molecule has 4 aromatic heterocycles. The Bertz CT molecular complexity index is 4190. The zero-order chi connectivity index (χ0) is 46.6. The third-order valence-electron chi connectivity index (χ3n) is 13.7. The molecule has 0 saturated carbocycles. The summed E-state index contributed by atoms with van der Waals surface area (Å²) in [7, 11) is 0. The van der Waals surface area contributed by atoms with Crippen LogP contribution in [0, 0.1) is 6.92 Å². The first-order valence-electron chi connectivity index (χ1n) is 24.3. The Balaban J connectivity index is 0.000000138. The van der Waals surface area contributed by atoms with E-state index in [4.69, 9.17) is 0 Å². The molecule has 0 spiro atoms. The van der Waals surface area contributed by atoms with Gasteiger partial charge >= 0.3 is 0 Å². The summed E-state index contributed by atoms with van der Waals surface area (Å²) in [5, 5.41) is 10.3. The molecule has 0 fully saturated rings. The van der Waals surface area contributed by atoms with Crippen LogP contribution in [0.2, 0.25) is 0 Å². The maximum Gasteiger partial charge on any atom is 0.0641 e. The lowest BCUT2D eigenvalue weighted by Crippen LogP contribution is -1.97. The Morgan fingerprint density at radius 3 is 1.33 bits per heavy atom. The first-order chi connectivity index (χ1) is 34.1. The van der Waals surface area contributed by atoms with Crippen molar-refractivity contribution in [3.05, 3.63) is 242 Å². The van der Waals surface area contributed by atoms with Gasteiger partial charge in [0.25, 0.3) is 0 Å². The van der Waals surface area contributed by atoms with Crippen LogP contribution in [0.3, 0.4) is 0 Å². The first-order valence-corrected chi connectivity index (χ1v) is 24.3. The van der Waals surface area contributed by atoms with Crippen LogP contribution in [0.25, 0.3) is 110 Å². The van der Waals surface area contributed by atoms with E-state index in [9.17, 15) is 0 Å². The molecule has 0 amide bonds. The van der Waals surface area contributed by atoms with Gasteiger partial charge in [0, 0.05) is 72.3 Å². The number of hydrogen-bond acceptors (Lipinski definition) is 0. The molecule has 1 aliphatic carbocycles. The Hall–Kier alpha value is -8.60. The summed E-state index contributed by atoms with van der Waals surface area (Å²) >= 11 is 0. The third kappa shape index (κ3) is 6.74. The minimum absolute atomic E-state index is 0.898. The van der Waals surface area contributed by atoms with Gasteiger partial charge in [0.1, 0.15) is 0 Å². The maximum atomic E-state index is 2.50. The molecule has 0 N–H and O–H groups in total. The lowest BCUT2D eigenvalue weighted by Gasteiger charge is -2.12. The van der Waals surface area contributed by atoms with E-state index >= 15 is 0 Å². The average Bonchev–Trinajstić information content (AvgIpc) is 4.09. The summed E-state index contributed by atoms with van der Waals surface area (Å²) in [6.07, 6.45) is 9.86. The maximum absolute atomic E-state index is 2.50. The van der Waals surface area contributed by atoms with E-state index in [0.29, 0.717) is 0 Å². The van der Waals surface area contributed by atoms with Crippen molar-refractivity contribution in [1.29, 1.82) is 0 Å². The quantitative estimate of drug-likeness (QED) is 0.168. The Labute approximate surface area is 402 Å². The minimum atomic E-state index is 0.898. The second-order valence-corrected chi connectivity index (χ2v) is 17.8. The number of aryl methyl sites for hydroxylation is 1. The van der Waals surface area contributed by atoms with Crippen molar-refractivity contribution in [3.8, 4) is 17.1 Å². The number of hydrogen-bond donors (Lipinski definition) is 0. The van der Waals surface area contributed by atoms with E-state index in [0.717, 1.165) is 6.42 Å². The van der Waals surface area contributed by atoms with Gasteiger partial charge in [-0.05, 0) is 104 Å². The average molecular weight is 889 g/mol. The number of fused-ring (bicyclic) bond motifs is 14. The molecule has 69 heavy (non-hydrogen) atoms. The van der Waals surface area contributed by atoms with Crippen molar-refractivity contribution in [2.75, 3.05) is 0 Å². The Morgan fingerprint density at radius 1 is 0.348 bits per heavy atom. The molecule has 0 saturated heterocycles. The summed E-state index contributed by atoms with van der Waals surface area (Å²) in [5.74, 6) is 0. The van der Waals surface area contributed by atoms with Crippen molar-refractivity contribution >= 4 is 92.9 Å². The van der Waals surface area contributed by atoms with Gasteiger partial charge in [-0.2, -0.15) is 0 Å². The minimum Gasteiger partial charge on any atom is -0.312 e. The molecule has 4 heterocycles. The van der Waals surface area contributed by atoms with E-state index in [1.807, 2.05) is 13.8 Å². The van der Waals surface area contributed by atoms with Gasteiger partial charge in [0.15, 0.2) is 0 Å². The fourth-order valence-corrected chi connectivity index (χ4v) is 11.0. The van der Waals surface area contributed by atoms with E-state index in [1.54, 1.807) is 0 Å². The standard InChI is InChI=1S/C32H24N2.C31H22N2.C2H6/c1-22-11-5-6-14-24(21-22)34-28-17-9-7-15-25(28)26-19-20-30-31(32(26)34)27-16-8-10-18-29(27)33(30)23-12-3-2-4-13-23;1-21-10-9-13-23(20-21)32-28-17-8-6-15-26(28)30-29(32)19-18-25-24-14-5-7-16-27(24)33(31(25)30)22-11-3-2-4-12-22;1-2/h2-13,15-21H,14H2,1H3;2-20H,1H3;1-2H3. The highest BCUT2D eigenvalue weighted by Gasteiger charge is 2.23. The van der Waals surface area contributed by atoms with Gasteiger partial charge in [-0.1, -0.05) is 166 Å². The molecule has 13 aromatic rings. The van der Waals surface area contributed by atoms with E-state index in [-0.39, 0.29) is 0 Å². The monoisotopic (exact) mass is 888 g/mol. The molecule has 4 heteroatoms. The summed E-state index contributed by atoms with van der Waals surface area (Å²) in [5.41, 5.74) is 17.4. The summed E-state index contributed by atoms with van der Waals surface area (Å²) < 4.78 is 9.74. The number of rotatable bonds is 4. The zero-order valence-corrected chi connectivity index (χ0v) is 39.4. The van der Waals surface area contributed by atoms with Crippen LogP contribution in [0.4, 0.5) is 0 Å². The molecule has 9 aromatic carbocycles. The summed E-state index contributed by atoms with van der Waals surface area (Å²) in [4.78, 5) is 0. The van der Waals surface area contributed by atoms with Crippen molar-refractivity contribution in [1.82, 2.24) is 18.3 Å². The normalized spacial score (nSPS) is 12.7. The van der Waals surface area contributed by atoms with Crippen LogP contribution in [0.1, 0.15) is 32.8 Å². The predicted molar refractivity (Wildman–Crippen MR) is 297 cm³/mol. The fraction of sp³-hybridized carbons (Fsp3) is 0.0769. The number of para-hydroxylation sites is 6. The molecule has 0 aliphatic heterocycles. The number of allylic oxidation sites excluding steroid dienone is 6. The second-order valence-electron chi connectivity index (χ2n) is 17.8. The predicted octanol–water partition coefficient (Wildman–Crippen LogP) is 17.9. The van der Waals surface area contributed by atoms with Gasteiger partial charge < -0.3 is 18.3 Å². The van der Waals surface area contributed by atoms with Crippen LogP contribution in [0.5, 0.6) is 0 Å². The number of nitrogens with zero attached hydrogens (tertiary/aromatic N) is 4. The van der Waals surface area contributed by atoms with Crippen molar-refractivity contribution < 1.29 is 0 Å². The molecule has 0 radical (unpaired) electrons. The van der Waals surface area contributed by atoms with E-state index < -0.39 is 0 Å². The highest BCUT2D eigenvalue weighted by Crippen LogP contribution is 2.44. The van der Waals surface area contributed by atoms with Crippen LogP contribution < -0.4 is 0 Å². The highest BCUT2D eigenvalue weighted by molar-refractivity contribution is 6.27.